The molecule has 0 spiro atoms. The number of hydrogen-bond donors (Lipinski definition) is 1. The summed E-state index contributed by atoms with van der Waals surface area (Å²) in [7, 11) is 0. The zero-order valence-electron chi connectivity index (χ0n) is 24.8. The van der Waals surface area contributed by atoms with Crippen LogP contribution in [0.15, 0.2) is 0 Å². The zero-order valence-corrected chi connectivity index (χ0v) is 24.8. The standard InChI is InChI=1S/C17H32O.C16H30O2/c1-13(2)12-18-17-10-8-16(9-11-17)15-6-4-14(3)5-7-15;1-12-3-5-14(6-4-12)15-7-9-16(10-8-15)18-11-13(2)17/h13-17H,4-12H2,1-3H3;12-17H,3-11H2,1-2H3. The second kappa shape index (κ2) is 16.1. The lowest BCUT2D eigenvalue weighted by molar-refractivity contribution is -0.0298. The molecule has 36 heavy (non-hydrogen) atoms. The van der Waals surface area contributed by atoms with E-state index < -0.39 is 0 Å². The Bertz CT molecular complexity index is 493. The minimum absolute atomic E-state index is 0.317. The fourth-order valence-electron chi connectivity index (χ4n) is 7.57. The van der Waals surface area contributed by atoms with Crippen molar-refractivity contribution in [2.45, 2.75) is 156 Å². The van der Waals surface area contributed by atoms with Gasteiger partial charge in [-0.15, -0.1) is 0 Å². The molecule has 0 amide bonds. The average Bonchev–Trinajstić information content (AvgIpc) is 2.88. The van der Waals surface area contributed by atoms with E-state index in [4.69, 9.17) is 9.47 Å². The summed E-state index contributed by atoms with van der Waals surface area (Å²) in [5.74, 6) is 6.67. The van der Waals surface area contributed by atoms with Crippen molar-refractivity contribution in [3.8, 4) is 0 Å². The Hall–Kier alpha value is -0.120. The number of rotatable bonds is 8. The van der Waals surface area contributed by atoms with Gasteiger partial charge in [0.25, 0.3) is 0 Å². The molecule has 4 aliphatic rings. The highest BCUT2D eigenvalue weighted by Gasteiger charge is 2.31. The van der Waals surface area contributed by atoms with Crippen LogP contribution >= 0.6 is 0 Å². The molecular weight excluding hydrogens is 444 g/mol. The molecule has 0 saturated heterocycles. The van der Waals surface area contributed by atoms with Gasteiger partial charge in [0, 0.05) is 6.61 Å². The van der Waals surface area contributed by atoms with Crippen LogP contribution in [0.2, 0.25) is 0 Å². The lowest BCUT2D eigenvalue weighted by atomic mass is 9.71. The van der Waals surface area contributed by atoms with Crippen molar-refractivity contribution in [2.24, 2.45) is 41.4 Å². The highest BCUT2D eigenvalue weighted by atomic mass is 16.5. The van der Waals surface area contributed by atoms with Crippen molar-refractivity contribution < 1.29 is 14.6 Å². The second-order valence-corrected chi connectivity index (χ2v) is 14.0. The van der Waals surface area contributed by atoms with Crippen molar-refractivity contribution >= 4 is 0 Å². The van der Waals surface area contributed by atoms with Gasteiger partial charge >= 0.3 is 0 Å². The molecule has 3 heteroatoms. The summed E-state index contributed by atoms with van der Waals surface area (Å²) in [5, 5.41) is 9.24. The summed E-state index contributed by atoms with van der Waals surface area (Å²) in [6.07, 6.45) is 23.1. The lowest BCUT2D eigenvalue weighted by Crippen LogP contribution is -2.29. The Morgan fingerprint density at radius 2 is 0.806 bits per heavy atom. The van der Waals surface area contributed by atoms with Gasteiger partial charge in [-0.05, 0) is 125 Å². The van der Waals surface area contributed by atoms with Crippen LogP contribution in [0, 0.1) is 41.4 Å². The molecule has 0 bridgehead atoms. The number of aliphatic hydroxyl groups is 1. The molecular formula is C33H62O3. The molecule has 4 rings (SSSR count). The summed E-state index contributed by atoms with van der Waals surface area (Å²) in [5.41, 5.74) is 0. The molecule has 0 aromatic carbocycles. The summed E-state index contributed by atoms with van der Waals surface area (Å²) < 4.78 is 11.7. The minimum Gasteiger partial charge on any atom is -0.391 e. The third-order valence-electron chi connectivity index (χ3n) is 10.1. The van der Waals surface area contributed by atoms with E-state index >= 15 is 0 Å². The first-order valence-electron chi connectivity index (χ1n) is 16.2. The van der Waals surface area contributed by atoms with Crippen LogP contribution < -0.4 is 0 Å². The van der Waals surface area contributed by atoms with E-state index in [0.29, 0.717) is 24.7 Å². The molecule has 4 fully saturated rings. The normalized spacial score (nSPS) is 38.8. The zero-order chi connectivity index (χ0) is 25.9. The maximum absolute atomic E-state index is 9.24. The van der Waals surface area contributed by atoms with Crippen LogP contribution in [-0.4, -0.2) is 36.6 Å². The van der Waals surface area contributed by atoms with E-state index in [1.165, 1.54) is 103 Å². The van der Waals surface area contributed by atoms with E-state index in [1.807, 2.05) is 0 Å². The van der Waals surface area contributed by atoms with E-state index in [9.17, 15) is 5.11 Å². The molecule has 4 saturated carbocycles. The minimum atomic E-state index is -0.317. The molecule has 4 aliphatic carbocycles. The number of aliphatic hydroxyl groups excluding tert-OH is 1. The van der Waals surface area contributed by atoms with Crippen molar-refractivity contribution in [3.63, 3.8) is 0 Å². The molecule has 1 unspecified atom stereocenters. The lowest BCUT2D eigenvalue weighted by Gasteiger charge is -2.37. The van der Waals surface area contributed by atoms with Crippen LogP contribution in [0.3, 0.4) is 0 Å². The van der Waals surface area contributed by atoms with Crippen molar-refractivity contribution in [1.82, 2.24) is 0 Å². The van der Waals surface area contributed by atoms with Gasteiger partial charge in [-0.3, -0.25) is 0 Å². The predicted octanol–water partition coefficient (Wildman–Crippen LogP) is 8.81. The molecule has 0 aliphatic heterocycles. The topological polar surface area (TPSA) is 38.7 Å². The Labute approximate surface area is 224 Å². The fraction of sp³-hybridized carbons (Fsp3) is 1.00. The Kier molecular flexibility index (Phi) is 13.6. The van der Waals surface area contributed by atoms with Crippen molar-refractivity contribution in [2.75, 3.05) is 13.2 Å². The van der Waals surface area contributed by atoms with Crippen LogP contribution in [0.5, 0.6) is 0 Å². The first-order valence-corrected chi connectivity index (χ1v) is 16.2. The Balaban J connectivity index is 0.000000201. The SMILES string of the molecule is CC(C)COC1CCC(C2CCC(C)CC2)CC1.CC(O)COC1CCC(C2CCC(C)CC2)CC1. The van der Waals surface area contributed by atoms with Crippen LogP contribution in [0.25, 0.3) is 0 Å². The Morgan fingerprint density at radius 3 is 1.11 bits per heavy atom. The summed E-state index contributed by atoms with van der Waals surface area (Å²) in [4.78, 5) is 0. The summed E-state index contributed by atoms with van der Waals surface area (Å²) in [6.45, 7) is 12.6. The predicted molar refractivity (Wildman–Crippen MR) is 152 cm³/mol. The quantitative estimate of drug-likeness (QED) is 0.357. The highest BCUT2D eigenvalue weighted by molar-refractivity contribution is 4.82. The van der Waals surface area contributed by atoms with Gasteiger partial charge in [-0.25, -0.2) is 0 Å². The first-order chi connectivity index (χ1) is 17.3. The largest absolute Gasteiger partial charge is 0.391 e. The third-order valence-corrected chi connectivity index (χ3v) is 10.1. The number of ether oxygens (including phenoxy) is 2. The van der Waals surface area contributed by atoms with Gasteiger partial charge in [0.05, 0.1) is 24.9 Å². The Morgan fingerprint density at radius 1 is 0.500 bits per heavy atom. The van der Waals surface area contributed by atoms with Crippen LogP contribution in [0.1, 0.15) is 137 Å². The van der Waals surface area contributed by atoms with Gasteiger partial charge in [0.15, 0.2) is 0 Å². The first kappa shape index (κ1) is 30.4. The second-order valence-electron chi connectivity index (χ2n) is 14.0. The smallest absolute Gasteiger partial charge is 0.0745 e. The molecule has 0 aromatic rings. The molecule has 0 radical (unpaired) electrons. The molecule has 1 N–H and O–H groups in total. The molecule has 3 nitrogen and oxygen atoms in total. The van der Waals surface area contributed by atoms with E-state index in [-0.39, 0.29) is 6.10 Å². The average molecular weight is 507 g/mol. The van der Waals surface area contributed by atoms with Crippen LogP contribution in [-0.2, 0) is 9.47 Å². The van der Waals surface area contributed by atoms with Gasteiger partial charge in [0.1, 0.15) is 0 Å². The monoisotopic (exact) mass is 506 g/mol. The summed E-state index contributed by atoms with van der Waals surface area (Å²) in [6, 6.07) is 0. The van der Waals surface area contributed by atoms with Gasteiger partial charge in [0.2, 0.25) is 0 Å². The molecule has 212 valence electrons. The highest BCUT2D eigenvalue weighted by Crippen LogP contribution is 2.41. The third kappa shape index (κ3) is 10.9. The van der Waals surface area contributed by atoms with Gasteiger partial charge in [-0.2, -0.15) is 0 Å². The van der Waals surface area contributed by atoms with Gasteiger partial charge in [-0.1, -0.05) is 53.4 Å². The van der Waals surface area contributed by atoms with Gasteiger partial charge < -0.3 is 14.6 Å². The maximum Gasteiger partial charge on any atom is 0.0745 e. The van der Waals surface area contributed by atoms with E-state index in [1.54, 1.807) is 6.92 Å². The molecule has 0 heterocycles. The van der Waals surface area contributed by atoms with E-state index in [0.717, 1.165) is 42.1 Å². The van der Waals surface area contributed by atoms with Crippen molar-refractivity contribution in [3.05, 3.63) is 0 Å². The fourth-order valence-corrected chi connectivity index (χ4v) is 7.57. The van der Waals surface area contributed by atoms with Crippen molar-refractivity contribution in [1.29, 1.82) is 0 Å². The van der Waals surface area contributed by atoms with E-state index in [2.05, 4.69) is 27.7 Å². The van der Waals surface area contributed by atoms with Crippen LogP contribution in [0.4, 0.5) is 0 Å². The molecule has 0 aromatic heterocycles. The number of hydrogen-bond acceptors (Lipinski definition) is 3. The summed E-state index contributed by atoms with van der Waals surface area (Å²) >= 11 is 0. The molecule has 1 atom stereocenters. The maximum atomic E-state index is 9.24.